The summed E-state index contributed by atoms with van der Waals surface area (Å²) in [5, 5.41) is 3.36. The van der Waals surface area contributed by atoms with Gasteiger partial charge in [-0.05, 0) is 19.9 Å². The summed E-state index contributed by atoms with van der Waals surface area (Å²) in [4.78, 5) is 11.0. The molecule has 18 heavy (non-hydrogen) atoms. The summed E-state index contributed by atoms with van der Waals surface area (Å²) in [5.74, 6) is 0.793. The second kappa shape index (κ2) is 5.20. The summed E-state index contributed by atoms with van der Waals surface area (Å²) < 4.78 is 6.08. The van der Waals surface area contributed by atoms with Gasteiger partial charge in [0.1, 0.15) is 12.4 Å². The first-order chi connectivity index (χ1) is 8.83. The van der Waals surface area contributed by atoms with Crippen LogP contribution in [0, 0.1) is 0 Å². The maximum atomic E-state index is 6.08. The van der Waals surface area contributed by atoms with Crippen molar-refractivity contribution in [2.45, 2.75) is 31.9 Å². The highest BCUT2D eigenvalue weighted by Gasteiger charge is 2.22. The van der Waals surface area contributed by atoms with Gasteiger partial charge in [0.2, 0.25) is 5.88 Å². The minimum absolute atomic E-state index is 0.308. The molecule has 98 valence electrons. The van der Waals surface area contributed by atoms with Gasteiger partial charge in [-0.15, -0.1) is 0 Å². The van der Waals surface area contributed by atoms with Crippen LogP contribution >= 0.6 is 0 Å². The van der Waals surface area contributed by atoms with E-state index in [1.807, 2.05) is 0 Å². The second-order valence-corrected chi connectivity index (χ2v) is 5.15. The molecule has 0 radical (unpaired) electrons. The molecule has 0 amide bonds. The molecule has 1 aromatic heterocycles. The number of fused-ring (bicyclic) bond motifs is 1. The minimum atomic E-state index is 0.308. The molecule has 2 aliphatic heterocycles. The van der Waals surface area contributed by atoms with E-state index in [1.165, 1.54) is 0 Å². The monoisotopic (exact) mass is 248 g/mol. The van der Waals surface area contributed by atoms with Crippen LogP contribution in [0.25, 0.3) is 0 Å². The number of nitrogens with one attached hydrogen (secondary N) is 1. The van der Waals surface area contributed by atoms with Gasteiger partial charge in [-0.2, -0.15) is 0 Å². The first-order valence-electron chi connectivity index (χ1n) is 6.71. The summed E-state index contributed by atoms with van der Waals surface area (Å²) in [7, 11) is 2.16. The summed E-state index contributed by atoms with van der Waals surface area (Å²) in [6.07, 6.45) is 5.09. The Morgan fingerprint density at radius 1 is 1.33 bits per heavy atom. The van der Waals surface area contributed by atoms with Gasteiger partial charge in [-0.1, -0.05) is 0 Å². The molecular weight excluding hydrogens is 228 g/mol. The van der Waals surface area contributed by atoms with E-state index in [-0.39, 0.29) is 0 Å². The number of rotatable bonds is 2. The van der Waals surface area contributed by atoms with Crippen molar-refractivity contribution in [3.63, 3.8) is 0 Å². The fourth-order valence-electron chi connectivity index (χ4n) is 2.61. The molecule has 5 heteroatoms. The maximum absolute atomic E-state index is 6.08. The molecule has 3 heterocycles. The fourth-order valence-corrected chi connectivity index (χ4v) is 2.61. The van der Waals surface area contributed by atoms with Crippen LogP contribution in [0.5, 0.6) is 5.88 Å². The molecule has 1 saturated heterocycles. The van der Waals surface area contributed by atoms with Gasteiger partial charge in [0, 0.05) is 38.2 Å². The quantitative estimate of drug-likeness (QED) is 0.830. The standard InChI is InChI=1S/C13H20N4O/c1-17-6-3-10(4-7-17)18-13-11-8-14-5-2-12(11)15-9-16-13/h9-10,14H,2-8H2,1H3. The first-order valence-corrected chi connectivity index (χ1v) is 6.71. The van der Waals surface area contributed by atoms with Gasteiger partial charge < -0.3 is 15.0 Å². The summed E-state index contributed by atoms with van der Waals surface area (Å²) in [6.45, 7) is 4.04. The van der Waals surface area contributed by atoms with Gasteiger partial charge in [0.25, 0.3) is 0 Å². The first kappa shape index (κ1) is 11.9. The molecule has 0 atom stereocenters. The van der Waals surface area contributed by atoms with Crippen molar-refractivity contribution in [3.8, 4) is 5.88 Å². The molecule has 0 aliphatic carbocycles. The zero-order valence-corrected chi connectivity index (χ0v) is 10.9. The number of aromatic nitrogens is 2. The van der Waals surface area contributed by atoms with E-state index in [0.717, 1.165) is 62.6 Å². The van der Waals surface area contributed by atoms with Crippen molar-refractivity contribution < 1.29 is 4.74 Å². The van der Waals surface area contributed by atoms with E-state index in [2.05, 4.69) is 27.2 Å². The third-order valence-corrected chi connectivity index (χ3v) is 3.78. The van der Waals surface area contributed by atoms with Crippen molar-refractivity contribution in [1.82, 2.24) is 20.2 Å². The molecule has 1 aromatic rings. The van der Waals surface area contributed by atoms with Gasteiger partial charge in [0.15, 0.2) is 0 Å². The average Bonchev–Trinajstić information content (AvgIpc) is 2.42. The molecule has 0 unspecified atom stereocenters. The lowest BCUT2D eigenvalue weighted by Gasteiger charge is -2.30. The summed E-state index contributed by atoms with van der Waals surface area (Å²) >= 11 is 0. The Balaban J connectivity index is 1.72. The average molecular weight is 248 g/mol. The zero-order valence-electron chi connectivity index (χ0n) is 10.9. The van der Waals surface area contributed by atoms with Crippen molar-refractivity contribution in [3.05, 3.63) is 17.6 Å². The second-order valence-electron chi connectivity index (χ2n) is 5.15. The molecule has 1 fully saturated rings. The number of hydrogen-bond acceptors (Lipinski definition) is 5. The van der Waals surface area contributed by atoms with Gasteiger partial charge in [-0.3, -0.25) is 0 Å². The van der Waals surface area contributed by atoms with E-state index in [0.29, 0.717) is 6.10 Å². The molecule has 0 saturated carbocycles. The van der Waals surface area contributed by atoms with Gasteiger partial charge >= 0.3 is 0 Å². The molecule has 1 N–H and O–H groups in total. The number of ether oxygens (including phenoxy) is 1. The Kier molecular flexibility index (Phi) is 3.43. The Bertz CT molecular complexity index is 415. The normalized spacial score (nSPS) is 21.6. The molecule has 0 spiro atoms. The number of piperidine rings is 1. The van der Waals surface area contributed by atoms with E-state index >= 15 is 0 Å². The number of hydrogen-bond donors (Lipinski definition) is 1. The van der Waals surface area contributed by atoms with Crippen LogP contribution in [-0.4, -0.2) is 47.7 Å². The third kappa shape index (κ3) is 2.47. The lowest BCUT2D eigenvalue weighted by atomic mass is 10.1. The Morgan fingerprint density at radius 3 is 3.00 bits per heavy atom. The zero-order chi connectivity index (χ0) is 12.4. The summed E-state index contributed by atoms with van der Waals surface area (Å²) in [5.41, 5.74) is 2.30. The van der Waals surface area contributed by atoms with E-state index in [4.69, 9.17) is 4.74 Å². The van der Waals surface area contributed by atoms with Crippen LogP contribution in [0.2, 0.25) is 0 Å². The molecule has 2 aliphatic rings. The highest BCUT2D eigenvalue weighted by molar-refractivity contribution is 5.31. The van der Waals surface area contributed by atoms with Crippen LogP contribution in [0.4, 0.5) is 0 Å². The highest BCUT2D eigenvalue weighted by atomic mass is 16.5. The van der Waals surface area contributed by atoms with Crippen LogP contribution < -0.4 is 10.1 Å². The third-order valence-electron chi connectivity index (χ3n) is 3.78. The topological polar surface area (TPSA) is 50.3 Å². The van der Waals surface area contributed by atoms with Crippen LogP contribution in [-0.2, 0) is 13.0 Å². The Morgan fingerprint density at radius 2 is 2.17 bits per heavy atom. The van der Waals surface area contributed by atoms with Crippen molar-refractivity contribution >= 4 is 0 Å². The minimum Gasteiger partial charge on any atom is -0.474 e. The maximum Gasteiger partial charge on any atom is 0.221 e. The van der Waals surface area contributed by atoms with E-state index < -0.39 is 0 Å². The van der Waals surface area contributed by atoms with Crippen molar-refractivity contribution in [1.29, 1.82) is 0 Å². The highest BCUT2D eigenvalue weighted by Crippen LogP contribution is 2.23. The molecule has 0 aromatic carbocycles. The van der Waals surface area contributed by atoms with Gasteiger partial charge in [0.05, 0.1) is 5.69 Å². The lowest BCUT2D eigenvalue weighted by Crippen LogP contribution is -2.36. The lowest BCUT2D eigenvalue weighted by molar-refractivity contribution is 0.108. The number of likely N-dealkylation sites (tertiary alicyclic amines) is 1. The van der Waals surface area contributed by atoms with Gasteiger partial charge in [-0.25, -0.2) is 9.97 Å². The smallest absolute Gasteiger partial charge is 0.221 e. The van der Waals surface area contributed by atoms with Crippen LogP contribution in [0.3, 0.4) is 0 Å². The predicted molar refractivity (Wildman–Crippen MR) is 68.6 cm³/mol. The molecule has 0 bridgehead atoms. The Labute approximate surface area is 108 Å². The molecule has 3 rings (SSSR count). The predicted octanol–water partition coefficient (Wildman–Crippen LogP) is 0.595. The Hall–Kier alpha value is -1.20. The van der Waals surface area contributed by atoms with Crippen LogP contribution in [0.15, 0.2) is 6.33 Å². The molecule has 5 nitrogen and oxygen atoms in total. The fraction of sp³-hybridized carbons (Fsp3) is 0.692. The van der Waals surface area contributed by atoms with Crippen molar-refractivity contribution in [2.24, 2.45) is 0 Å². The SMILES string of the molecule is CN1CCC(Oc2ncnc3c2CNCC3)CC1. The summed E-state index contributed by atoms with van der Waals surface area (Å²) in [6, 6.07) is 0. The van der Waals surface area contributed by atoms with E-state index in [9.17, 15) is 0 Å². The van der Waals surface area contributed by atoms with Crippen molar-refractivity contribution in [2.75, 3.05) is 26.7 Å². The van der Waals surface area contributed by atoms with Crippen LogP contribution in [0.1, 0.15) is 24.1 Å². The largest absolute Gasteiger partial charge is 0.474 e. The number of nitrogens with zero attached hydrogens (tertiary/aromatic N) is 3. The van der Waals surface area contributed by atoms with E-state index in [1.54, 1.807) is 6.33 Å². The molecular formula is C13H20N4O.